The van der Waals surface area contributed by atoms with Gasteiger partial charge in [-0.05, 0) is 35.9 Å². The van der Waals surface area contributed by atoms with Crippen molar-refractivity contribution < 1.29 is 9.59 Å². The number of nitrogens with one attached hydrogen (secondary N) is 2. The van der Waals surface area contributed by atoms with Gasteiger partial charge in [-0.3, -0.25) is 9.59 Å². The highest BCUT2D eigenvalue weighted by Gasteiger charge is 2.30. The molecule has 1 atom stereocenters. The average molecular weight is 291 g/mol. The molecule has 3 rings (SSSR count). The quantitative estimate of drug-likeness (QED) is 0.892. The second kappa shape index (κ2) is 5.70. The van der Waals surface area contributed by atoms with Gasteiger partial charge in [0.25, 0.3) is 0 Å². The summed E-state index contributed by atoms with van der Waals surface area (Å²) in [6.07, 6.45) is 0.124. The molecule has 5 nitrogen and oxygen atoms in total. The number of carbonyl (C=O) groups excluding carboxylic acids is 2. The smallest absolute Gasteiger partial charge is 0.232 e. The molecule has 2 amide bonds. The Balaban J connectivity index is 1.83. The molecule has 0 aromatic heterocycles. The number of amides is 2. The van der Waals surface area contributed by atoms with Gasteiger partial charge in [0.15, 0.2) is 0 Å². The molecule has 0 spiro atoms. The van der Waals surface area contributed by atoms with E-state index in [2.05, 4.69) is 10.6 Å². The predicted molar refractivity (Wildman–Crippen MR) is 82.2 cm³/mol. The lowest BCUT2D eigenvalue weighted by Gasteiger charge is -2.24. The predicted octanol–water partition coefficient (Wildman–Crippen LogP) is 2.62. The molecule has 0 aliphatic carbocycles. The Morgan fingerprint density at radius 1 is 1.18 bits per heavy atom. The number of carbonyl (C=O) groups is 2. The maximum absolute atomic E-state index is 12.5. The molecular formula is C17H13N3O2. The lowest BCUT2D eigenvalue weighted by molar-refractivity contribution is -0.123. The van der Waals surface area contributed by atoms with Crippen molar-refractivity contribution in [2.75, 3.05) is 10.6 Å². The van der Waals surface area contributed by atoms with E-state index in [0.717, 1.165) is 5.56 Å². The van der Waals surface area contributed by atoms with Crippen LogP contribution < -0.4 is 10.6 Å². The lowest BCUT2D eigenvalue weighted by atomic mass is 9.90. The molecule has 1 aliphatic heterocycles. The number of hydrogen-bond acceptors (Lipinski definition) is 3. The van der Waals surface area contributed by atoms with Crippen molar-refractivity contribution in [2.24, 2.45) is 0 Å². The van der Waals surface area contributed by atoms with Crippen LogP contribution in [0.1, 0.15) is 23.5 Å². The van der Waals surface area contributed by atoms with Crippen molar-refractivity contribution in [3.05, 3.63) is 59.7 Å². The van der Waals surface area contributed by atoms with Gasteiger partial charge in [-0.25, -0.2) is 0 Å². The largest absolute Gasteiger partial charge is 0.326 e. The first-order valence-corrected chi connectivity index (χ1v) is 6.87. The normalized spacial score (nSPS) is 16.1. The van der Waals surface area contributed by atoms with E-state index in [4.69, 9.17) is 5.26 Å². The molecular weight excluding hydrogens is 278 g/mol. The van der Waals surface area contributed by atoms with E-state index >= 15 is 0 Å². The number of nitrogens with zero attached hydrogens (tertiary/aromatic N) is 1. The molecule has 5 heteroatoms. The van der Waals surface area contributed by atoms with Crippen LogP contribution in [0.4, 0.5) is 11.4 Å². The molecule has 1 aliphatic rings. The molecule has 1 heterocycles. The third-order valence-electron chi connectivity index (χ3n) is 3.60. The fourth-order valence-corrected chi connectivity index (χ4v) is 2.50. The maximum Gasteiger partial charge on any atom is 0.232 e. The van der Waals surface area contributed by atoms with Crippen molar-refractivity contribution in [3.63, 3.8) is 0 Å². The molecule has 0 saturated carbocycles. The first kappa shape index (κ1) is 13.8. The van der Waals surface area contributed by atoms with Gasteiger partial charge in [-0.2, -0.15) is 5.26 Å². The summed E-state index contributed by atoms with van der Waals surface area (Å²) in [5, 5.41) is 14.3. The number of nitriles is 1. The van der Waals surface area contributed by atoms with Gasteiger partial charge < -0.3 is 10.6 Å². The number of hydrogen-bond donors (Lipinski definition) is 2. The first-order chi connectivity index (χ1) is 10.7. The van der Waals surface area contributed by atoms with Crippen LogP contribution in [-0.4, -0.2) is 11.8 Å². The standard InChI is InChI=1S/C17H13N3O2/c18-10-11-5-7-12(8-6-11)19-17(22)14-9-16(21)20-15-4-2-1-3-13(14)15/h1-8,14H,9H2,(H,19,22)(H,20,21). The molecule has 0 bridgehead atoms. The topological polar surface area (TPSA) is 82.0 Å². The van der Waals surface area contributed by atoms with E-state index in [1.165, 1.54) is 0 Å². The first-order valence-electron chi connectivity index (χ1n) is 6.87. The number of anilines is 2. The third-order valence-corrected chi connectivity index (χ3v) is 3.60. The van der Waals surface area contributed by atoms with Crippen LogP contribution in [0.3, 0.4) is 0 Å². The summed E-state index contributed by atoms with van der Waals surface area (Å²) in [6, 6.07) is 15.9. The van der Waals surface area contributed by atoms with Crippen molar-refractivity contribution in [1.82, 2.24) is 0 Å². The molecule has 1 unspecified atom stereocenters. The number of rotatable bonds is 2. The molecule has 0 fully saturated rings. The Morgan fingerprint density at radius 3 is 2.64 bits per heavy atom. The number of benzene rings is 2. The molecule has 2 aromatic carbocycles. The molecule has 2 aromatic rings. The monoisotopic (exact) mass is 291 g/mol. The highest BCUT2D eigenvalue weighted by Crippen LogP contribution is 2.32. The van der Waals surface area contributed by atoms with Gasteiger partial charge in [0.05, 0.1) is 17.6 Å². The molecule has 2 N–H and O–H groups in total. The molecule has 0 saturated heterocycles. The van der Waals surface area contributed by atoms with Crippen LogP contribution in [0.25, 0.3) is 0 Å². The van der Waals surface area contributed by atoms with Crippen LogP contribution >= 0.6 is 0 Å². The summed E-state index contributed by atoms with van der Waals surface area (Å²) < 4.78 is 0. The fourth-order valence-electron chi connectivity index (χ4n) is 2.50. The van der Waals surface area contributed by atoms with E-state index in [-0.39, 0.29) is 18.2 Å². The Hall–Kier alpha value is -3.13. The van der Waals surface area contributed by atoms with Crippen molar-refractivity contribution >= 4 is 23.2 Å². The van der Waals surface area contributed by atoms with Gasteiger partial charge >= 0.3 is 0 Å². The molecule has 108 valence electrons. The molecule has 22 heavy (non-hydrogen) atoms. The Labute approximate surface area is 127 Å². The highest BCUT2D eigenvalue weighted by atomic mass is 16.2. The van der Waals surface area contributed by atoms with E-state index < -0.39 is 5.92 Å². The zero-order valence-corrected chi connectivity index (χ0v) is 11.7. The second-order valence-corrected chi connectivity index (χ2v) is 5.07. The number of fused-ring (bicyclic) bond motifs is 1. The summed E-state index contributed by atoms with van der Waals surface area (Å²) in [4.78, 5) is 24.2. The average Bonchev–Trinajstić information content (AvgIpc) is 2.54. The zero-order valence-electron chi connectivity index (χ0n) is 11.7. The summed E-state index contributed by atoms with van der Waals surface area (Å²) in [5.41, 5.74) is 2.62. The van der Waals surface area contributed by atoms with Crippen LogP contribution in [-0.2, 0) is 9.59 Å². The molecule has 0 radical (unpaired) electrons. The lowest BCUT2D eigenvalue weighted by Crippen LogP contribution is -2.30. The van der Waals surface area contributed by atoms with Crippen molar-refractivity contribution in [3.8, 4) is 6.07 Å². The van der Waals surface area contributed by atoms with Gasteiger partial charge in [0.1, 0.15) is 0 Å². The number of para-hydroxylation sites is 1. The minimum absolute atomic E-state index is 0.124. The summed E-state index contributed by atoms with van der Waals surface area (Å²) in [7, 11) is 0. The van der Waals surface area contributed by atoms with Gasteiger partial charge in [-0.15, -0.1) is 0 Å². The zero-order chi connectivity index (χ0) is 15.5. The second-order valence-electron chi connectivity index (χ2n) is 5.07. The van der Waals surface area contributed by atoms with E-state index in [0.29, 0.717) is 16.9 Å². The van der Waals surface area contributed by atoms with E-state index in [9.17, 15) is 9.59 Å². The third kappa shape index (κ3) is 2.67. The fraction of sp³-hybridized carbons (Fsp3) is 0.118. The van der Waals surface area contributed by atoms with Crippen molar-refractivity contribution in [1.29, 1.82) is 5.26 Å². The van der Waals surface area contributed by atoms with Crippen LogP contribution in [0, 0.1) is 11.3 Å². The van der Waals surface area contributed by atoms with Gasteiger partial charge in [-0.1, -0.05) is 18.2 Å². The minimum atomic E-state index is -0.513. The van der Waals surface area contributed by atoms with Gasteiger partial charge in [0.2, 0.25) is 11.8 Å². The van der Waals surface area contributed by atoms with Crippen molar-refractivity contribution in [2.45, 2.75) is 12.3 Å². The summed E-state index contributed by atoms with van der Waals surface area (Å²) in [5.74, 6) is -0.911. The van der Waals surface area contributed by atoms with Crippen LogP contribution in [0.5, 0.6) is 0 Å². The Kier molecular flexibility index (Phi) is 3.58. The highest BCUT2D eigenvalue weighted by molar-refractivity contribution is 6.05. The van der Waals surface area contributed by atoms with Crippen LogP contribution in [0.2, 0.25) is 0 Å². The van der Waals surface area contributed by atoms with Gasteiger partial charge in [0, 0.05) is 17.8 Å². The Bertz CT molecular complexity index is 775. The summed E-state index contributed by atoms with van der Waals surface area (Å²) >= 11 is 0. The summed E-state index contributed by atoms with van der Waals surface area (Å²) in [6.45, 7) is 0. The SMILES string of the molecule is N#Cc1ccc(NC(=O)C2CC(=O)Nc3ccccc32)cc1. The maximum atomic E-state index is 12.5. The Morgan fingerprint density at radius 2 is 1.91 bits per heavy atom. The van der Waals surface area contributed by atoms with E-state index in [1.807, 2.05) is 24.3 Å². The van der Waals surface area contributed by atoms with Crippen LogP contribution in [0.15, 0.2) is 48.5 Å². The van der Waals surface area contributed by atoms with E-state index in [1.54, 1.807) is 30.3 Å². The minimum Gasteiger partial charge on any atom is -0.326 e.